The Morgan fingerprint density at radius 3 is 2.64 bits per heavy atom. The van der Waals surface area contributed by atoms with Crippen LogP contribution >= 0.6 is 11.6 Å². The van der Waals surface area contributed by atoms with Crippen molar-refractivity contribution in [2.45, 2.75) is 12.8 Å². The molecule has 0 aliphatic carbocycles. The molecular formula is C11H11ClO2. The van der Waals surface area contributed by atoms with Crippen LogP contribution in [-0.2, 0) is 6.42 Å². The van der Waals surface area contributed by atoms with E-state index in [0.29, 0.717) is 23.4 Å². The molecule has 0 heterocycles. The van der Waals surface area contributed by atoms with Crippen LogP contribution in [0, 0.1) is 0 Å². The van der Waals surface area contributed by atoms with Crippen LogP contribution in [0.15, 0.2) is 35.9 Å². The van der Waals surface area contributed by atoms with Gasteiger partial charge in [0.15, 0.2) is 0 Å². The molecule has 0 aliphatic rings. The van der Waals surface area contributed by atoms with E-state index < -0.39 is 5.97 Å². The van der Waals surface area contributed by atoms with Gasteiger partial charge in [-0.2, -0.15) is 0 Å². The summed E-state index contributed by atoms with van der Waals surface area (Å²) < 4.78 is 0. The van der Waals surface area contributed by atoms with Gasteiger partial charge in [0.25, 0.3) is 0 Å². The topological polar surface area (TPSA) is 37.3 Å². The summed E-state index contributed by atoms with van der Waals surface area (Å²) in [7, 11) is 0. The molecule has 0 aliphatic heterocycles. The molecule has 0 amide bonds. The monoisotopic (exact) mass is 210 g/mol. The van der Waals surface area contributed by atoms with Gasteiger partial charge < -0.3 is 5.11 Å². The van der Waals surface area contributed by atoms with Crippen molar-refractivity contribution in [1.29, 1.82) is 0 Å². The lowest BCUT2D eigenvalue weighted by atomic mass is 10.0. The Balaban J connectivity index is 2.84. The largest absolute Gasteiger partial charge is 0.478 e. The van der Waals surface area contributed by atoms with E-state index in [9.17, 15) is 4.79 Å². The van der Waals surface area contributed by atoms with Crippen molar-refractivity contribution >= 4 is 17.6 Å². The van der Waals surface area contributed by atoms with Crippen LogP contribution in [0.4, 0.5) is 0 Å². The van der Waals surface area contributed by atoms with E-state index >= 15 is 0 Å². The van der Waals surface area contributed by atoms with Gasteiger partial charge in [-0.05, 0) is 24.5 Å². The van der Waals surface area contributed by atoms with Crippen molar-refractivity contribution in [3.63, 3.8) is 0 Å². The molecule has 1 rings (SSSR count). The lowest BCUT2D eigenvalue weighted by Gasteiger charge is -2.04. The van der Waals surface area contributed by atoms with Crippen LogP contribution in [0.1, 0.15) is 22.3 Å². The highest BCUT2D eigenvalue weighted by Crippen LogP contribution is 2.14. The predicted octanol–water partition coefficient (Wildman–Crippen LogP) is 3.07. The number of allylic oxidation sites excluding steroid dienone is 1. The van der Waals surface area contributed by atoms with E-state index in [0.717, 1.165) is 5.56 Å². The Hall–Kier alpha value is -1.28. The van der Waals surface area contributed by atoms with Crippen LogP contribution in [0.25, 0.3) is 0 Å². The average molecular weight is 211 g/mol. The molecular weight excluding hydrogens is 200 g/mol. The molecule has 0 spiro atoms. The Kier molecular flexibility index (Phi) is 3.72. The van der Waals surface area contributed by atoms with Crippen molar-refractivity contribution in [2.75, 3.05) is 0 Å². The number of carboxylic acid groups (broad SMARTS) is 1. The molecule has 0 aromatic heterocycles. The first kappa shape index (κ1) is 10.8. The van der Waals surface area contributed by atoms with E-state index in [1.807, 2.05) is 6.07 Å². The molecule has 0 saturated heterocycles. The van der Waals surface area contributed by atoms with E-state index in [2.05, 4.69) is 6.58 Å². The Bertz CT molecular complexity index is 358. The molecule has 1 N–H and O–H groups in total. The van der Waals surface area contributed by atoms with Gasteiger partial charge in [-0.25, -0.2) is 4.79 Å². The summed E-state index contributed by atoms with van der Waals surface area (Å²) in [5, 5.41) is 9.42. The highest BCUT2D eigenvalue weighted by molar-refractivity contribution is 6.29. The minimum atomic E-state index is -0.902. The zero-order valence-electron chi connectivity index (χ0n) is 7.66. The first-order valence-electron chi connectivity index (χ1n) is 4.25. The Morgan fingerprint density at radius 2 is 2.07 bits per heavy atom. The van der Waals surface area contributed by atoms with E-state index in [1.165, 1.54) is 0 Å². The summed E-state index contributed by atoms with van der Waals surface area (Å²) in [5.41, 5.74) is 1.13. The molecule has 0 radical (unpaired) electrons. The van der Waals surface area contributed by atoms with E-state index in [4.69, 9.17) is 16.7 Å². The van der Waals surface area contributed by atoms with Gasteiger partial charge >= 0.3 is 5.97 Å². The smallest absolute Gasteiger partial charge is 0.335 e. The number of aryl methyl sites for hydroxylation is 1. The molecule has 0 atom stereocenters. The Labute approximate surface area is 87.8 Å². The zero-order chi connectivity index (χ0) is 10.6. The summed E-state index contributed by atoms with van der Waals surface area (Å²) >= 11 is 5.62. The van der Waals surface area contributed by atoms with Crippen LogP contribution in [0.2, 0.25) is 0 Å². The maximum Gasteiger partial charge on any atom is 0.335 e. The van der Waals surface area contributed by atoms with Gasteiger partial charge in [0.2, 0.25) is 0 Å². The third-order valence-electron chi connectivity index (χ3n) is 1.91. The molecule has 0 unspecified atom stereocenters. The summed E-state index contributed by atoms with van der Waals surface area (Å²) in [6, 6.07) is 6.92. The van der Waals surface area contributed by atoms with Gasteiger partial charge in [-0.3, -0.25) is 0 Å². The van der Waals surface area contributed by atoms with E-state index in [1.54, 1.807) is 18.2 Å². The average Bonchev–Trinajstić information content (AvgIpc) is 2.15. The van der Waals surface area contributed by atoms with Crippen molar-refractivity contribution < 1.29 is 9.90 Å². The van der Waals surface area contributed by atoms with Gasteiger partial charge in [-0.15, -0.1) is 0 Å². The van der Waals surface area contributed by atoms with Crippen LogP contribution in [0.3, 0.4) is 0 Å². The number of carboxylic acids is 1. The SMILES string of the molecule is C=C(Cl)CCc1ccccc1C(=O)O. The fourth-order valence-corrected chi connectivity index (χ4v) is 1.31. The van der Waals surface area contributed by atoms with Crippen LogP contribution in [0.5, 0.6) is 0 Å². The molecule has 3 heteroatoms. The van der Waals surface area contributed by atoms with E-state index in [-0.39, 0.29) is 0 Å². The molecule has 1 aromatic carbocycles. The highest BCUT2D eigenvalue weighted by Gasteiger charge is 2.08. The van der Waals surface area contributed by atoms with Gasteiger partial charge in [0.05, 0.1) is 5.56 Å². The van der Waals surface area contributed by atoms with Crippen molar-refractivity contribution in [2.24, 2.45) is 0 Å². The molecule has 1 aromatic rings. The molecule has 74 valence electrons. The fraction of sp³-hybridized carbons (Fsp3) is 0.182. The lowest BCUT2D eigenvalue weighted by Crippen LogP contribution is -2.01. The van der Waals surface area contributed by atoms with Crippen LogP contribution < -0.4 is 0 Å². The predicted molar refractivity (Wildman–Crippen MR) is 56.7 cm³/mol. The molecule has 14 heavy (non-hydrogen) atoms. The molecule has 0 saturated carbocycles. The van der Waals surface area contributed by atoms with Gasteiger partial charge in [0, 0.05) is 5.03 Å². The highest BCUT2D eigenvalue weighted by atomic mass is 35.5. The maximum atomic E-state index is 10.8. The minimum absolute atomic E-state index is 0.338. The quantitative estimate of drug-likeness (QED) is 0.829. The number of carbonyl (C=O) groups is 1. The molecule has 2 nitrogen and oxygen atoms in total. The number of hydrogen-bond acceptors (Lipinski definition) is 1. The number of aromatic carboxylic acids is 1. The van der Waals surface area contributed by atoms with Crippen LogP contribution in [-0.4, -0.2) is 11.1 Å². The number of rotatable bonds is 4. The molecule has 0 bridgehead atoms. The summed E-state index contributed by atoms with van der Waals surface area (Å²) in [4.78, 5) is 10.8. The third kappa shape index (κ3) is 2.89. The Morgan fingerprint density at radius 1 is 1.43 bits per heavy atom. The zero-order valence-corrected chi connectivity index (χ0v) is 8.42. The lowest BCUT2D eigenvalue weighted by molar-refractivity contribution is 0.0695. The summed E-state index contributed by atoms with van der Waals surface area (Å²) in [6.07, 6.45) is 1.22. The molecule has 0 fully saturated rings. The number of benzene rings is 1. The van der Waals surface area contributed by atoms with Crippen molar-refractivity contribution in [1.82, 2.24) is 0 Å². The second kappa shape index (κ2) is 4.82. The third-order valence-corrected chi connectivity index (χ3v) is 2.10. The standard InChI is InChI=1S/C11H11ClO2/c1-8(12)6-7-9-4-2-3-5-10(9)11(13)14/h2-5H,1,6-7H2,(H,13,14). The summed E-state index contributed by atoms with van der Waals surface area (Å²) in [5.74, 6) is -0.902. The van der Waals surface area contributed by atoms with Crippen molar-refractivity contribution in [3.8, 4) is 0 Å². The summed E-state index contributed by atoms with van der Waals surface area (Å²) in [6.45, 7) is 3.56. The number of halogens is 1. The normalized spacial score (nSPS) is 9.79. The second-order valence-electron chi connectivity index (χ2n) is 2.98. The maximum absolute atomic E-state index is 10.8. The first-order chi connectivity index (χ1) is 6.61. The number of hydrogen-bond donors (Lipinski definition) is 1. The fourth-order valence-electron chi connectivity index (χ4n) is 1.22. The van der Waals surface area contributed by atoms with Gasteiger partial charge in [-0.1, -0.05) is 36.4 Å². The van der Waals surface area contributed by atoms with Gasteiger partial charge in [0.1, 0.15) is 0 Å². The second-order valence-corrected chi connectivity index (χ2v) is 3.51. The van der Waals surface area contributed by atoms with Crippen molar-refractivity contribution in [3.05, 3.63) is 47.0 Å². The first-order valence-corrected chi connectivity index (χ1v) is 4.63. The minimum Gasteiger partial charge on any atom is -0.478 e.